The van der Waals surface area contributed by atoms with Crippen LogP contribution in [0.25, 0.3) is 11.1 Å². The lowest BCUT2D eigenvalue weighted by atomic mass is 9.81. The van der Waals surface area contributed by atoms with Crippen LogP contribution in [0.1, 0.15) is 56.3 Å². The van der Waals surface area contributed by atoms with E-state index in [2.05, 4.69) is 62.4 Å². The zero-order chi connectivity index (χ0) is 18.0. The molecule has 1 aliphatic carbocycles. The SMILES string of the molecule is C/C(N)=C\C=C/CCC(N)c1ccc2c(c1)C(C)(C)c1ccccc1-2. The molecule has 0 spiro atoms. The van der Waals surface area contributed by atoms with Gasteiger partial charge in [0.1, 0.15) is 0 Å². The molecule has 130 valence electrons. The number of fused-ring (bicyclic) bond motifs is 3. The van der Waals surface area contributed by atoms with E-state index in [1.54, 1.807) is 0 Å². The van der Waals surface area contributed by atoms with Gasteiger partial charge in [0.15, 0.2) is 0 Å². The molecular formula is C23H28N2. The first-order valence-corrected chi connectivity index (χ1v) is 9.00. The first-order chi connectivity index (χ1) is 11.9. The van der Waals surface area contributed by atoms with E-state index in [4.69, 9.17) is 11.5 Å². The summed E-state index contributed by atoms with van der Waals surface area (Å²) in [6.07, 6.45) is 7.93. The quantitative estimate of drug-likeness (QED) is 0.740. The van der Waals surface area contributed by atoms with Gasteiger partial charge in [-0.3, -0.25) is 0 Å². The molecule has 0 aliphatic heterocycles. The second-order valence-electron chi connectivity index (χ2n) is 7.50. The number of rotatable bonds is 5. The summed E-state index contributed by atoms with van der Waals surface area (Å²) < 4.78 is 0. The van der Waals surface area contributed by atoms with Crippen molar-refractivity contribution in [3.8, 4) is 11.1 Å². The minimum absolute atomic E-state index is 0.0327. The Morgan fingerprint density at radius 3 is 2.56 bits per heavy atom. The molecule has 1 atom stereocenters. The van der Waals surface area contributed by atoms with Gasteiger partial charge in [0.2, 0.25) is 0 Å². The summed E-state index contributed by atoms with van der Waals surface area (Å²) in [6, 6.07) is 15.5. The number of benzene rings is 2. The lowest BCUT2D eigenvalue weighted by Crippen LogP contribution is -2.16. The number of hydrogen-bond acceptors (Lipinski definition) is 2. The predicted octanol–water partition coefficient (Wildman–Crippen LogP) is 5.19. The van der Waals surface area contributed by atoms with Crippen molar-refractivity contribution < 1.29 is 0 Å². The van der Waals surface area contributed by atoms with Crippen molar-refractivity contribution in [3.63, 3.8) is 0 Å². The van der Waals surface area contributed by atoms with Crippen LogP contribution in [0.3, 0.4) is 0 Å². The van der Waals surface area contributed by atoms with E-state index < -0.39 is 0 Å². The Bertz CT molecular complexity index is 824. The van der Waals surface area contributed by atoms with Gasteiger partial charge >= 0.3 is 0 Å². The Hall–Kier alpha value is -2.32. The Labute approximate surface area is 151 Å². The van der Waals surface area contributed by atoms with Crippen LogP contribution in [0.2, 0.25) is 0 Å². The van der Waals surface area contributed by atoms with Crippen molar-refractivity contribution >= 4 is 0 Å². The van der Waals surface area contributed by atoms with Crippen molar-refractivity contribution in [2.75, 3.05) is 0 Å². The average molecular weight is 332 g/mol. The third-order valence-corrected chi connectivity index (χ3v) is 5.18. The molecular weight excluding hydrogens is 304 g/mol. The van der Waals surface area contributed by atoms with Crippen molar-refractivity contribution in [2.45, 2.75) is 45.1 Å². The lowest BCUT2D eigenvalue weighted by Gasteiger charge is -2.22. The van der Waals surface area contributed by atoms with E-state index in [0.717, 1.165) is 18.5 Å². The standard InChI is InChI=1S/C23H28N2/c1-16(24)9-5-4-6-12-22(25)17-13-14-19-18-10-7-8-11-20(18)23(2,3)21(19)15-17/h4-5,7-11,13-15,22H,6,12,24-25H2,1-3H3/b5-4-,16-9+. The summed E-state index contributed by atoms with van der Waals surface area (Å²) in [5.74, 6) is 0. The summed E-state index contributed by atoms with van der Waals surface area (Å²) in [4.78, 5) is 0. The minimum Gasteiger partial charge on any atom is -0.402 e. The number of nitrogens with two attached hydrogens (primary N) is 2. The third kappa shape index (κ3) is 3.40. The van der Waals surface area contributed by atoms with Gasteiger partial charge in [0.05, 0.1) is 0 Å². The van der Waals surface area contributed by atoms with Crippen LogP contribution < -0.4 is 11.5 Å². The van der Waals surface area contributed by atoms with Gasteiger partial charge < -0.3 is 11.5 Å². The summed E-state index contributed by atoms with van der Waals surface area (Å²) in [6.45, 7) is 6.49. The average Bonchev–Trinajstić information content (AvgIpc) is 2.82. The highest BCUT2D eigenvalue weighted by atomic mass is 14.6. The molecule has 2 aromatic carbocycles. The highest BCUT2D eigenvalue weighted by Gasteiger charge is 2.35. The van der Waals surface area contributed by atoms with Crippen molar-refractivity contribution in [1.82, 2.24) is 0 Å². The monoisotopic (exact) mass is 332 g/mol. The summed E-state index contributed by atoms with van der Waals surface area (Å²) in [7, 11) is 0. The topological polar surface area (TPSA) is 52.0 Å². The molecule has 0 aromatic heterocycles. The molecule has 2 aromatic rings. The Morgan fingerprint density at radius 2 is 1.80 bits per heavy atom. The van der Waals surface area contributed by atoms with E-state index in [0.29, 0.717) is 0 Å². The molecule has 0 saturated carbocycles. The van der Waals surface area contributed by atoms with Crippen molar-refractivity contribution in [3.05, 3.63) is 83.1 Å². The first kappa shape index (κ1) is 17.5. The van der Waals surface area contributed by atoms with Crippen LogP contribution in [0, 0.1) is 0 Å². The van der Waals surface area contributed by atoms with E-state index >= 15 is 0 Å². The van der Waals surface area contributed by atoms with E-state index in [1.807, 2.05) is 19.1 Å². The molecule has 1 aliphatic rings. The van der Waals surface area contributed by atoms with Gasteiger partial charge in [-0.05, 0) is 53.7 Å². The van der Waals surface area contributed by atoms with Crippen LogP contribution in [-0.4, -0.2) is 0 Å². The molecule has 0 bridgehead atoms. The largest absolute Gasteiger partial charge is 0.402 e. The Morgan fingerprint density at radius 1 is 1.08 bits per heavy atom. The molecule has 0 saturated heterocycles. The molecule has 2 nitrogen and oxygen atoms in total. The Balaban J connectivity index is 1.80. The number of hydrogen-bond donors (Lipinski definition) is 2. The van der Waals surface area contributed by atoms with Crippen LogP contribution in [-0.2, 0) is 5.41 Å². The molecule has 0 amide bonds. The smallest absolute Gasteiger partial charge is 0.0297 e. The summed E-state index contributed by atoms with van der Waals surface area (Å²) in [5, 5.41) is 0. The van der Waals surface area contributed by atoms with Gasteiger partial charge in [-0.15, -0.1) is 0 Å². The van der Waals surface area contributed by atoms with E-state index in [1.165, 1.54) is 27.8 Å². The van der Waals surface area contributed by atoms with Crippen LogP contribution >= 0.6 is 0 Å². The first-order valence-electron chi connectivity index (χ1n) is 9.00. The summed E-state index contributed by atoms with van der Waals surface area (Å²) in [5.41, 5.74) is 19.6. The maximum atomic E-state index is 6.45. The molecule has 4 N–H and O–H groups in total. The fraction of sp³-hybridized carbons (Fsp3) is 0.304. The molecule has 3 rings (SSSR count). The van der Waals surface area contributed by atoms with Crippen molar-refractivity contribution in [1.29, 1.82) is 0 Å². The molecule has 25 heavy (non-hydrogen) atoms. The van der Waals surface area contributed by atoms with Crippen LogP contribution in [0.15, 0.2) is 66.4 Å². The zero-order valence-corrected chi connectivity index (χ0v) is 15.4. The van der Waals surface area contributed by atoms with E-state index in [-0.39, 0.29) is 11.5 Å². The van der Waals surface area contributed by atoms with Crippen molar-refractivity contribution in [2.24, 2.45) is 11.5 Å². The molecule has 0 fully saturated rings. The predicted molar refractivity (Wildman–Crippen MR) is 107 cm³/mol. The maximum absolute atomic E-state index is 6.45. The number of allylic oxidation sites excluding steroid dienone is 4. The second-order valence-corrected chi connectivity index (χ2v) is 7.50. The van der Waals surface area contributed by atoms with Crippen LogP contribution in [0.4, 0.5) is 0 Å². The molecule has 0 heterocycles. The fourth-order valence-corrected chi connectivity index (χ4v) is 3.71. The Kier molecular flexibility index (Phi) is 4.82. The van der Waals surface area contributed by atoms with Gasteiger partial charge in [-0.25, -0.2) is 0 Å². The highest BCUT2D eigenvalue weighted by molar-refractivity contribution is 5.80. The lowest BCUT2D eigenvalue weighted by molar-refractivity contribution is 0.641. The van der Waals surface area contributed by atoms with Gasteiger partial charge in [-0.1, -0.05) is 68.5 Å². The van der Waals surface area contributed by atoms with Gasteiger partial charge in [-0.2, -0.15) is 0 Å². The van der Waals surface area contributed by atoms with E-state index in [9.17, 15) is 0 Å². The highest BCUT2D eigenvalue weighted by Crippen LogP contribution is 2.48. The maximum Gasteiger partial charge on any atom is 0.0297 e. The fourth-order valence-electron chi connectivity index (χ4n) is 3.71. The third-order valence-electron chi connectivity index (χ3n) is 5.18. The molecule has 1 unspecified atom stereocenters. The second kappa shape index (κ2) is 6.89. The minimum atomic E-state index is 0.0327. The zero-order valence-electron chi connectivity index (χ0n) is 15.4. The normalized spacial score (nSPS) is 16.7. The van der Waals surface area contributed by atoms with Gasteiger partial charge in [0, 0.05) is 17.2 Å². The molecule has 0 radical (unpaired) electrons. The van der Waals surface area contributed by atoms with Crippen LogP contribution in [0.5, 0.6) is 0 Å². The molecule has 2 heteroatoms. The van der Waals surface area contributed by atoms with Gasteiger partial charge in [0.25, 0.3) is 0 Å². The summed E-state index contributed by atoms with van der Waals surface area (Å²) >= 11 is 0.